The summed E-state index contributed by atoms with van der Waals surface area (Å²) in [5.74, 6) is 0.138. The molecule has 1 heterocycles. The number of nitrogens with zero attached hydrogens (tertiary/aromatic N) is 2. The first-order chi connectivity index (χ1) is 9.65. The molecule has 0 spiro atoms. The van der Waals surface area contributed by atoms with E-state index in [1.165, 1.54) is 12.1 Å². The van der Waals surface area contributed by atoms with Gasteiger partial charge in [-0.3, -0.25) is 0 Å². The third kappa shape index (κ3) is 4.47. The Kier molecular flexibility index (Phi) is 5.31. The Balaban J connectivity index is 1.88. The number of rotatable bonds is 7. The molecule has 1 aromatic carbocycles. The summed E-state index contributed by atoms with van der Waals surface area (Å²) >= 11 is 5.86. The van der Waals surface area contributed by atoms with Gasteiger partial charge in [-0.25, -0.2) is 4.98 Å². The Morgan fingerprint density at radius 3 is 2.95 bits per heavy atom. The van der Waals surface area contributed by atoms with Gasteiger partial charge in [0.2, 0.25) is 0 Å². The summed E-state index contributed by atoms with van der Waals surface area (Å²) in [4.78, 5) is 3.93. The molecule has 1 N–H and O–H groups in total. The van der Waals surface area contributed by atoms with Crippen molar-refractivity contribution in [2.45, 2.75) is 19.7 Å². The Labute approximate surface area is 120 Å². The number of hydrogen-bond acceptors (Lipinski definition) is 3. The van der Waals surface area contributed by atoms with Crippen LogP contribution in [0.2, 0.25) is 5.02 Å². The maximum atomic E-state index is 12.3. The number of imidazole rings is 1. The van der Waals surface area contributed by atoms with Crippen molar-refractivity contribution in [3.63, 3.8) is 0 Å². The van der Waals surface area contributed by atoms with E-state index >= 15 is 0 Å². The molecule has 2 rings (SSSR count). The van der Waals surface area contributed by atoms with Gasteiger partial charge in [0.25, 0.3) is 0 Å². The third-order valence-electron chi connectivity index (χ3n) is 2.66. The fraction of sp³-hybridized carbons (Fsp3) is 0.308. The normalized spacial score (nSPS) is 11.0. The highest BCUT2D eigenvalue weighted by Gasteiger charge is 2.09. The van der Waals surface area contributed by atoms with Crippen molar-refractivity contribution in [1.29, 1.82) is 0 Å². The van der Waals surface area contributed by atoms with Crippen LogP contribution in [0.1, 0.15) is 5.56 Å². The minimum atomic E-state index is -2.85. The van der Waals surface area contributed by atoms with E-state index in [1.807, 2.05) is 10.8 Å². The Morgan fingerprint density at radius 1 is 1.40 bits per heavy atom. The molecule has 0 amide bonds. The van der Waals surface area contributed by atoms with Crippen LogP contribution in [-0.2, 0) is 13.1 Å². The van der Waals surface area contributed by atoms with Crippen molar-refractivity contribution < 1.29 is 13.5 Å². The molecule has 108 valence electrons. The van der Waals surface area contributed by atoms with E-state index in [-0.39, 0.29) is 5.75 Å². The van der Waals surface area contributed by atoms with Gasteiger partial charge in [0.15, 0.2) is 0 Å². The van der Waals surface area contributed by atoms with E-state index in [2.05, 4.69) is 15.0 Å². The van der Waals surface area contributed by atoms with Gasteiger partial charge < -0.3 is 14.6 Å². The summed E-state index contributed by atoms with van der Waals surface area (Å²) in [5, 5.41) is 3.63. The van der Waals surface area contributed by atoms with Gasteiger partial charge >= 0.3 is 6.61 Å². The lowest BCUT2D eigenvalue weighted by molar-refractivity contribution is -0.0504. The minimum absolute atomic E-state index is 0.138. The second kappa shape index (κ2) is 7.21. The largest absolute Gasteiger partial charge is 0.434 e. The molecule has 0 fully saturated rings. The van der Waals surface area contributed by atoms with Crippen molar-refractivity contribution in [3.8, 4) is 5.75 Å². The molecule has 0 bridgehead atoms. The molecule has 0 saturated heterocycles. The molecular weight excluding hydrogens is 288 g/mol. The first kappa shape index (κ1) is 14.7. The molecule has 0 atom stereocenters. The quantitative estimate of drug-likeness (QED) is 0.799. The number of hydrogen-bond donors (Lipinski definition) is 1. The summed E-state index contributed by atoms with van der Waals surface area (Å²) in [6, 6.07) is 4.58. The van der Waals surface area contributed by atoms with Crippen LogP contribution in [-0.4, -0.2) is 22.7 Å². The molecule has 2 aromatic rings. The highest BCUT2D eigenvalue weighted by molar-refractivity contribution is 6.30. The zero-order valence-electron chi connectivity index (χ0n) is 10.6. The SMILES string of the molecule is FC(F)Oc1ccc(Cl)cc1CNCCn1ccnc1. The molecule has 20 heavy (non-hydrogen) atoms. The van der Waals surface area contributed by atoms with Crippen LogP contribution in [0.4, 0.5) is 8.78 Å². The highest BCUT2D eigenvalue weighted by atomic mass is 35.5. The average molecular weight is 302 g/mol. The fourth-order valence-corrected chi connectivity index (χ4v) is 1.94. The zero-order valence-corrected chi connectivity index (χ0v) is 11.4. The van der Waals surface area contributed by atoms with Crippen molar-refractivity contribution in [2.24, 2.45) is 0 Å². The lowest BCUT2D eigenvalue weighted by Crippen LogP contribution is -2.19. The zero-order chi connectivity index (χ0) is 14.4. The van der Waals surface area contributed by atoms with Gasteiger partial charge in [-0.2, -0.15) is 8.78 Å². The molecule has 0 aliphatic heterocycles. The number of benzene rings is 1. The Morgan fingerprint density at radius 2 is 2.25 bits per heavy atom. The van der Waals surface area contributed by atoms with Crippen molar-refractivity contribution in [3.05, 3.63) is 47.5 Å². The molecule has 0 unspecified atom stereocenters. The number of alkyl halides is 2. The fourth-order valence-electron chi connectivity index (χ4n) is 1.75. The van der Waals surface area contributed by atoms with E-state index in [0.29, 0.717) is 23.7 Å². The monoisotopic (exact) mass is 301 g/mol. The topological polar surface area (TPSA) is 39.1 Å². The van der Waals surface area contributed by atoms with Crippen LogP contribution < -0.4 is 10.1 Å². The molecule has 0 radical (unpaired) electrons. The van der Waals surface area contributed by atoms with Crippen molar-refractivity contribution in [1.82, 2.24) is 14.9 Å². The standard InChI is InChI=1S/C13H14ClF2N3O/c14-11-1-2-12(20-13(15)16)10(7-11)8-17-3-5-19-6-4-18-9-19/h1-2,4,6-7,9,13,17H,3,5,8H2. The summed E-state index contributed by atoms with van der Waals surface area (Å²) < 4.78 is 31.0. The molecule has 1 aromatic heterocycles. The van der Waals surface area contributed by atoms with Crippen LogP contribution >= 0.6 is 11.6 Å². The molecule has 0 aliphatic carbocycles. The second-order valence-corrected chi connectivity index (χ2v) is 4.54. The summed E-state index contributed by atoms with van der Waals surface area (Å²) in [5.41, 5.74) is 0.600. The van der Waals surface area contributed by atoms with Crippen molar-refractivity contribution in [2.75, 3.05) is 6.54 Å². The smallest absolute Gasteiger partial charge is 0.387 e. The Bertz CT molecular complexity index is 534. The summed E-state index contributed by atoms with van der Waals surface area (Å²) in [6.07, 6.45) is 5.27. The van der Waals surface area contributed by atoms with Gasteiger partial charge in [-0.05, 0) is 18.2 Å². The van der Waals surface area contributed by atoms with E-state index in [9.17, 15) is 8.78 Å². The van der Waals surface area contributed by atoms with Crippen LogP contribution in [0, 0.1) is 0 Å². The number of nitrogens with one attached hydrogen (secondary N) is 1. The van der Waals surface area contributed by atoms with E-state index in [4.69, 9.17) is 11.6 Å². The van der Waals surface area contributed by atoms with Crippen molar-refractivity contribution >= 4 is 11.6 Å². The van der Waals surface area contributed by atoms with Crippen LogP contribution in [0.5, 0.6) is 5.75 Å². The molecule has 0 saturated carbocycles. The third-order valence-corrected chi connectivity index (χ3v) is 2.90. The maximum absolute atomic E-state index is 12.3. The minimum Gasteiger partial charge on any atom is -0.434 e. The Hall–Kier alpha value is -1.66. The number of ether oxygens (including phenoxy) is 1. The highest BCUT2D eigenvalue weighted by Crippen LogP contribution is 2.24. The van der Waals surface area contributed by atoms with E-state index in [0.717, 1.165) is 6.54 Å². The van der Waals surface area contributed by atoms with Gasteiger partial charge in [-0.15, -0.1) is 0 Å². The van der Waals surface area contributed by atoms with Crippen LogP contribution in [0.3, 0.4) is 0 Å². The first-order valence-electron chi connectivity index (χ1n) is 6.05. The van der Waals surface area contributed by atoms with Gasteiger partial charge in [0, 0.05) is 42.6 Å². The predicted molar refractivity (Wildman–Crippen MR) is 72.0 cm³/mol. The van der Waals surface area contributed by atoms with E-state index in [1.54, 1.807) is 18.6 Å². The van der Waals surface area contributed by atoms with Crippen LogP contribution in [0.25, 0.3) is 0 Å². The average Bonchev–Trinajstić information content (AvgIpc) is 2.90. The van der Waals surface area contributed by atoms with Crippen LogP contribution in [0.15, 0.2) is 36.9 Å². The predicted octanol–water partition coefficient (Wildman–Crippen LogP) is 2.93. The van der Waals surface area contributed by atoms with Gasteiger partial charge in [-0.1, -0.05) is 11.6 Å². The number of halogens is 3. The number of aromatic nitrogens is 2. The molecule has 0 aliphatic rings. The van der Waals surface area contributed by atoms with E-state index < -0.39 is 6.61 Å². The lowest BCUT2D eigenvalue weighted by atomic mass is 10.2. The van der Waals surface area contributed by atoms with Gasteiger partial charge in [0.05, 0.1) is 6.33 Å². The second-order valence-electron chi connectivity index (χ2n) is 4.11. The van der Waals surface area contributed by atoms with Gasteiger partial charge in [0.1, 0.15) is 5.75 Å². The molecular formula is C13H14ClF2N3O. The molecule has 7 heteroatoms. The summed E-state index contributed by atoms with van der Waals surface area (Å²) in [7, 11) is 0. The maximum Gasteiger partial charge on any atom is 0.387 e. The summed E-state index contributed by atoms with van der Waals surface area (Å²) in [6.45, 7) is -1.03. The first-order valence-corrected chi connectivity index (χ1v) is 6.42. The molecule has 4 nitrogen and oxygen atoms in total. The lowest BCUT2D eigenvalue weighted by Gasteiger charge is -2.12.